The molecule has 11 aromatic rings. The highest BCUT2D eigenvalue weighted by molar-refractivity contribution is 8.04. The van der Waals surface area contributed by atoms with Gasteiger partial charge in [0.1, 0.15) is 37.2 Å². The van der Waals surface area contributed by atoms with Crippen molar-refractivity contribution >= 4 is 180 Å². The maximum absolute atomic E-state index is 14.0. The molecule has 28 heteroatoms. The molecule has 137 heavy (non-hydrogen) atoms. The molecule has 708 valence electrons. The van der Waals surface area contributed by atoms with E-state index in [9.17, 15) is 34.2 Å². The van der Waals surface area contributed by atoms with Crippen LogP contribution in [0.15, 0.2) is 291 Å². The lowest BCUT2D eigenvalue weighted by Crippen LogP contribution is -2.40. The molecule has 0 bridgehead atoms. The number of rotatable bonds is 37. The van der Waals surface area contributed by atoms with Gasteiger partial charge in [0, 0.05) is 163 Å². The highest BCUT2D eigenvalue weighted by Gasteiger charge is 2.43. The first-order valence-electron chi connectivity index (χ1n) is 48.1. The molecule has 0 atom stereocenters. The Balaban J connectivity index is 0.000000151. The molecular formula is C109H122BN12O12S3+3. The zero-order chi connectivity index (χ0) is 95.8. The van der Waals surface area contributed by atoms with E-state index in [0.717, 1.165) is 236 Å². The minimum Gasteiger partial charge on any atom is -0.407 e. The number of carbonyl (C=O) groups is 5. The number of nitrogens with zero attached hydrogens (tertiary/aromatic N) is 10. The van der Waals surface area contributed by atoms with Gasteiger partial charge in [-0.05, 0) is 213 Å². The van der Waals surface area contributed by atoms with Gasteiger partial charge in [0.2, 0.25) is 28.6 Å². The van der Waals surface area contributed by atoms with Crippen LogP contribution in [0.3, 0.4) is 0 Å². The van der Waals surface area contributed by atoms with E-state index in [1.165, 1.54) is 0 Å². The highest BCUT2D eigenvalue weighted by atomic mass is 32.2. The number of β-amino-alcohol motifs (C(OH)–C–C–N with tert-alkyl or cyclic N) is 1. The van der Waals surface area contributed by atoms with Gasteiger partial charge in [-0.1, -0.05) is 105 Å². The van der Waals surface area contributed by atoms with E-state index < -0.39 is 0 Å². The number of hydrogen-bond donors (Lipinski definition) is 4. The summed E-state index contributed by atoms with van der Waals surface area (Å²) in [5.74, 6) is 7.42. The Bertz CT molecular complexity index is 6550. The molecule has 4 aliphatic heterocycles. The van der Waals surface area contributed by atoms with Gasteiger partial charge in [0.05, 0.1) is 59.0 Å². The number of para-hydroxylation sites is 12. The van der Waals surface area contributed by atoms with E-state index in [4.69, 9.17) is 22.6 Å². The summed E-state index contributed by atoms with van der Waals surface area (Å²) in [6.07, 6.45) is 18.9. The number of carbonyl (C=O) groups excluding carboxylic acids is 5. The van der Waals surface area contributed by atoms with Crippen LogP contribution in [0.4, 0.5) is 51.2 Å². The van der Waals surface area contributed by atoms with Crippen LogP contribution >= 0.6 is 35.3 Å². The van der Waals surface area contributed by atoms with Gasteiger partial charge in [-0.15, -0.1) is 35.3 Å². The maximum Gasteiger partial charge on any atom is 0.493 e. The number of benzene rings is 8. The van der Waals surface area contributed by atoms with Crippen LogP contribution in [-0.2, 0) is 52.9 Å². The molecule has 0 spiro atoms. The van der Waals surface area contributed by atoms with Gasteiger partial charge >= 0.3 is 24.8 Å². The Morgan fingerprint density at radius 3 is 1.11 bits per heavy atom. The quantitative estimate of drug-likeness (QED) is 0.0122. The predicted molar refractivity (Wildman–Crippen MR) is 557 cm³/mol. The number of anilines is 9. The van der Waals surface area contributed by atoms with Gasteiger partial charge < -0.3 is 77.7 Å². The van der Waals surface area contributed by atoms with Gasteiger partial charge in [-0.2, -0.15) is 13.7 Å². The van der Waals surface area contributed by atoms with Crippen LogP contribution < -0.4 is 64.1 Å². The van der Waals surface area contributed by atoms with Crippen molar-refractivity contribution in [3.05, 3.63) is 296 Å². The number of thioether (sulfide) groups is 3. The molecule has 1 fully saturated rings. The number of nitrogens with one attached hydrogen (secondary N) is 2. The number of aryl methyl sites for hydroxylation is 2. The lowest BCUT2D eigenvalue weighted by atomic mass is 9.78. The number of Topliss-reactive ketones (excluding diaryl/α,β-unsaturated/α-hetero) is 3. The van der Waals surface area contributed by atoms with E-state index in [1.807, 2.05) is 181 Å². The zero-order valence-corrected chi connectivity index (χ0v) is 82.3. The van der Waals surface area contributed by atoms with Gasteiger partial charge in [-0.25, -0.2) is 0 Å². The highest BCUT2D eigenvalue weighted by Crippen LogP contribution is 2.50. The zero-order valence-electron chi connectivity index (χ0n) is 79.9. The van der Waals surface area contributed by atoms with Gasteiger partial charge in [0.25, 0.3) is 16.6 Å². The van der Waals surface area contributed by atoms with Crippen molar-refractivity contribution in [3.63, 3.8) is 0 Å². The van der Waals surface area contributed by atoms with E-state index in [1.54, 1.807) is 41.4 Å². The Morgan fingerprint density at radius 1 is 0.409 bits per heavy atom. The normalized spacial score (nSPS) is 16.3. The van der Waals surface area contributed by atoms with Crippen molar-refractivity contribution in [1.29, 1.82) is 0 Å². The van der Waals surface area contributed by atoms with E-state index in [-0.39, 0.29) is 49.5 Å². The summed E-state index contributed by atoms with van der Waals surface area (Å²) in [6.45, 7) is 24.5. The molecule has 8 aromatic carbocycles. The second kappa shape index (κ2) is 45.5. The summed E-state index contributed by atoms with van der Waals surface area (Å²) in [7, 11) is 3.66. The number of allylic oxidation sites excluding steroid dienone is 9. The van der Waals surface area contributed by atoms with Crippen LogP contribution in [0.5, 0.6) is 0 Å². The summed E-state index contributed by atoms with van der Waals surface area (Å²) in [5.41, 5.74) is 19.7. The topological polar surface area (TPSA) is 242 Å². The Hall–Kier alpha value is -12.7. The molecule has 4 N–H and O–H groups in total. The average molecular weight is 1900 g/mol. The first-order valence-corrected chi connectivity index (χ1v) is 51.1. The molecule has 18 rings (SSSR count). The van der Waals surface area contributed by atoms with Crippen LogP contribution in [0.1, 0.15) is 131 Å². The molecular weight excluding hydrogens is 1780 g/mol. The second-order valence-corrected chi connectivity index (χ2v) is 37.4. The van der Waals surface area contributed by atoms with Crippen LogP contribution in [0, 0.1) is 0 Å². The Morgan fingerprint density at radius 2 is 0.752 bits per heavy atom. The summed E-state index contributed by atoms with van der Waals surface area (Å²) in [6, 6.07) is 64.1. The molecule has 0 unspecified atom stereocenters. The van der Waals surface area contributed by atoms with Gasteiger partial charge in [0.15, 0.2) is 23.9 Å². The van der Waals surface area contributed by atoms with Crippen molar-refractivity contribution < 1.29 is 70.4 Å². The molecule has 0 saturated carbocycles. The third kappa shape index (κ3) is 21.0. The molecule has 24 nitrogen and oxygen atoms in total. The van der Waals surface area contributed by atoms with Crippen LogP contribution in [0.25, 0.3) is 51.5 Å². The smallest absolute Gasteiger partial charge is 0.407 e. The van der Waals surface area contributed by atoms with Crippen molar-refractivity contribution in [3.8, 4) is 0 Å². The minimum absolute atomic E-state index is 0.00516. The largest absolute Gasteiger partial charge is 0.493 e. The summed E-state index contributed by atoms with van der Waals surface area (Å²) in [4.78, 5) is 85.0. The lowest BCUT2D eigenvalue weighted by Gasteiger charge is -2.28. The van der Waals surface area contributed by atoms with Crippen molar-refractivity contribution in [2.75, 3.05) is 142 Å². The number of aromatic nitrogens is 3. The predicted octanol–water partition coefficient (Wildman–Crippen LogP) is 19.3. The summed E-state index contributed by atoms with van der Waals surface area (Å²) >= 11 is 5.08. The van der Waals surface area contributed by atoms with E-state index >= 15 is 0 Å². The number of hydrogen-bond acceptors (Lipinski definition) is 22. The van der Waals surface area contributed by atoms with E-state index in [0.29, 0.717) is 84.7 Å². The third-order valence-corrected chi connectivity index (χ3v) is 28.7. The second-order valence-electron chi connectivity index (χ2n) is 33.9. The summed E-state index contributed by atoms with van der Waals surface area (Å²) < 4.78 is 36.0. The standard InChI is InChI=1S/C41H45BN4O5S.C40H45N5O3S.C28H30N3O4S/c1-4-44-33-15-9-10-16-34(33)45(5-2)38(44)27-31-40(48)32(28-39-46(6-3)35-17-11-12-18-36(35)51-39)41(31)52-26-13-7-8-19-37(47)43-30-22-20-29(21-23-30)42-49-24-14-25-50-42;1-6-43-32-16-11-12-17-33(32)44(7-2)37(43)26-30-39(47)31(27-38-45(8-3)34-18-13-14-19-35(34)48-38)40(30)49-25-15-9-10-20-36(46)41-28-21-23-29(24-22-28)42(4)5;1-3-29-21-9-5-6-10-22(21)30(13-15-32)25(29)17-19-27(34)20(28(19)36-4-2)18-26-31(14-16-33)23-11-7-8-12-24(23)35-26/h9-12,15-18,20-23,27-28H,4-8,13-14,19,24-26H2,1-3H3;11-14,16-19,21-24,26-27H,6-10,15,20,25H2,1-5H3;5-12,17-18,32-33H,3-4,13-16H2,1-2H3/q;;+1/p+2. The summed E-state index contributed by atoms with van der Waals surface area (Å²) in [5, 5.41) is 25.4. The number of aliphatic hydroxyl groups is 2. The van der Waals surface area contributed by atoms with Crippen LogP contribution in [0.2, 0.25) is 0 Å². The molecule has 3 aromatic heterocycles. The SMILES string of the molecule is CCN1C(=CC2=C(SCCCCCC(=O)Nc3ccc(B4OCCCO4)cc3)/C(=C\c3oc4ccccc4[n+]3CC)C2=O)N(CC)c2ccccc21.CCN1C(=CC2=C(SCCCCCC(=O)Nc3ccc(N(C)C)cc3)/C(=C\c3oc4ccccc4[n+]3CC)C2=O)N(CC)c2ccccc21.CCSC1=C(/C=C2/N(CC)c3ccccc3N2CCO)C(=O)/C1=C/c1oc2ccccc2[n+]1CCO. The third-order valence-electron chi connectivity index (χ3n) is 25.2. The molecule has 7 aliphatic rings. The Labute approximate surface area is 815 Å². The number of fused-ring (bicyclic) bond motifs is 6. The number of unbranched alkanes of at least 4 members (excludes halogenated alkanes) is 4. The fourth-order valence-electron chi connectivity index (χ4n) is 18.5. The van der Waals surface area contributed by atoms with Gasteiger partial charge in [-0.3, -0.25) is 24.0 Å². The first-order chi connectivity index (χ1) is 67.0. The number of oxazole rings is 3. The minimum atomic E-state index is -0.334. The molecule has 1 saturated heterocycles. The first kappa shape index (κ1) is 97.4. The molecule has 3 aliphatic carbocycles. The Kier molecular flexibility index (Phi) is 32.4. The number of ketones is 3. The molecule has 0 radical (unpaired) electrons. The molecule has 2 amide bonds. The lowest BCUT2D eigenvalue weighted by molar-refractivity contribution is -0.679. The van der Waals surface area contributed by atoms with Crippen molar-refractivity contribution in [1.82, 2.24) is 0 Å². The number of aliphatic hydroxyl groups excluding tert-OH is 2. The molecule has 7 heterocycles. The van der Waals surface area contributed by atoms with E-state index in [2.05, 4.69) is 171 Å². The number of amides is 2. The maximum atomic E-state index is 14.0. The van der Waals surface area contributed by atoms with Crippen LogP contribution in [-0.4, -0.2) is 144 Å². The monoisotopic (exact) mass is 1900 g/mol. The fourth-order valence-corrected chi connectivity index (χ4v) is 21.7. The average Bonchev–Trinajstić information content (AvgIpc) is 1.63. The fraction of sp³-hybridized carbons (Fsp3) is 0.321. The van der Waals surface area contributed by atoms with Crippen molar-refractivity contribution in [2.45, 2.75) is 133 Å². The van der Waals surface area contributed by atoms with Crippen molar-refractivity contribution in [2.24, 2.45) is 0 Å².